The quantitative estimate of drug-likeness (QED) is 0.642. The molecule has 3 aromatic rings. The van der Waals surface area contributed by atoms with E-state index < -0.39 is 26.8 Å². The summed E-state index contributed by atoms with van der Waals surface area (Å²) in [6.07, 6.45) is 2.96. The Morgan fingerprint density at radius 3 is 2.45 bits per heavy atom. The van der Waals surface area contributed by atoms with Crippen molar-refractivity contribution >= 4 is 15.7 Å². The molecule has 1 N–H and O–H groups in total. The smallest absolute Gasteiger partial charge is 0.254 e. The minimum atomic E-state index is -3.87. The Hall–Kier alpha value is -3.26. The van der Waals surface area contributed by atoms with E-state index in [9.17, 15) is 17.6 Å². The second kappa shape index (κ2) is 8.83. The zero-order valence-corrected chi connectivity index (χ0v) is 16.4. The maximum absolute atomic E-state index is 13.9. The topological polar surface area (TPSA) is 85.4 Å². The monoisotopic (exact) mass is 414 g/mol. The number of aromatic nitrogens is 1. The summed E-state index contributed by atoms with van der Waals surface area (Å²) in [5, 5.41) is 1.43. The van der Waals surface area contributed by atoms with Gasteiger partial charge in [0.25, 0.3) is 5.91 Å². The number of hydrogen-bond donors (Lipinski definition) is 1. The molecule has 1 heterocycles. The van der Waals surface area contributed by atoms with Crippen molar-refractivity contribution in [3.8, 4) is 5.75 Å². The van der Waals surface area contributed by atoms with Gasteiger partial charge in [0.1, 0.15) is 16.8 Å². The van der Waals surface area contributed by atoms with Crippen molar-refractivity contribution in [2.24, 2.45) is 0 Å². The summed E-state index contributed by atoms with van der Waals surface area (Å²) in [5.41, 5.74) is 0.261. The average Bonchev–Trinajstić information content (AvgIpc) is 2.74. The number of methoxy groups -OCH3 is 1. The summed E-state index contributed by atoms with van der Waals surface area (Å²) >= 11 is 0. The largest absolute Gasteiger partial charge is 0.497 e. The van der Waals surface area contributed by atoms with E-state index in [-0.39, 0.29) is 17.0 Å². The van der Waals surface area contributed by atoms with E-state index in [2.05, 4.69) is 10.3 Å². The maximum atomic E-state index is 13.9. The van der Waals surface area contributed by atoms with Crippen molar-refractivity contribution in [2.75, 3.05) is 13.7 Å². The minimum Gasteiger partial charge on any atom is -0.497 e. The van der Waals surface area contributed by atoms with E-state index in [4.69, 9.17) is 4.74 Å². The van der Waals surface area contributed by atoms with E-state index in [1.807, 2.05) is 0 Å². The predicted molar refractivity (Wildman–Crippen MR) is 106 cm³/mol. The van der Waals surface area contributed by atoms with Gasteiger partial charge in [-0.05, 0) is 48.0 Å². The molecule has 1 amide bonds. The molecule has 0 fully saturated rings. The molecule has 0 saturated carbocycles. The molecular formula is C21H19FN2O4S. The van der Waals surface area contributed by atoms with Crippen molar-refractivity contribution in [1.82, 2.24) is 10.3 Å². The van der Waals surface area contributed by atoms with Crippen molar-refractivity contribution in [2.45, 2.75) is 10.1 Å². The lowest BCUT2D eigenvalue weighted by Crippen LogP contribution is -2.32. The summed E-state index contributed by atoms with van der Waals surface area (Å²) in [5.74, 6) is -0.849. The van der Waals surface area contributed by atoms with E-state index in [0.717, 1.165) is 0 Å². The first-order chi connectivity index (χ1) is 13.9. The van der Waals surface area contributed by atoms with E-state index in [1.165, 1.54) is 55.9 Å². The normalized spacial score (nSPS) is 12.2. The highest BCUT2D eigenvalue weighted by molar-refractivity contribution is 7.91. The molecule has 0 spiro atoms. The fourth-order valence-electron chi connectivity index (χ4n) is 2.83. The highest BCUT2D eigenvalue weighted by atomic mass is 32.2. The van der Waals surface area contributed by atoms with Crippen molar-refractivity contribution in [1.29, 1.82) is 0 Å². The van der Waals surface area contributed by atoms with Crippen molar-refractivity contribution in [3.63, 3.8) is 0 Å². The van der Waals surface area contributed by atoms with Crippen LogP contribution < -0.4 is 10.1 Å². The molecule has 0 bridgehead atoms. The number of carbonyl (C=O) groups is 1. The zero-order chi connectivity index (χ0) is 20.9. The molecule has 1 aromatic heterocycles. The van der Waals surface area contributed by atoms with Gasteiger partial charge in [0.05, 0.1) is 17.6 Å². The highest BCUT2D eigenvalue weighted by Crippen LogP contribution is 2.29. The van der Waals surface area contributed by atoms with Crippen LogP contribution in [0.25, 0.3) is 0 Å². The van der Waals surface area contributed by atoms with Crippen LogP contribution in [-0.2, 0) is 9.84 Å². The number of sulfone groups is 1. The number of carbonyl (C=O) groups excluding carboxylic acids is 1. The van der Waals surface area contributed by atoms with E-state index >= 15 is 0 Å². The molecule has 0 unspecified atom stereocenters. The van der Waals surface area contributed by atoms with Crippen LogP contribution in [0.4, 0.5) is 4.39 Å². The lowest BCUT2D eigenvalue weighted by Gasteiger charge is -2.19. The molecule has 1 atom stereocenters. The number of halogens is 1. The summed E-state index contributed by atoms with van der Waals surface area (Å²) in [6.45, 7) is -0.243. The third-order valence-electron chi connectivity index (χ3n) is 4.39. The van der Waals surface area contributed by atoms with Gasteiger partial charge in [0.15, 0.2) is 9.84 Å². The van der Waals surface area contributed by atoms with E-state index in [0.29, 0.717) is 11.3 Å². The SMILES string of the molecule is COc1ccc(S(=O)(=O)[C@H](CNC(=O)c2ccccc2F)c2cccnc2)cc1. The molecule has 3 rings (SSSR count). The standard InChI is InChI=1S/C21H19FN2O4S/c1-28-16-8-10-17(11-9-16)29(26,27)20(15-5-4-12-23-13-15)14-24-21(25)18-6-2-3-7-19(18)22/h2-13,20H,14H2,1H3,(H,24,25)/t20-/m1/s1. The summed E-state index contributed by atoms with van der Waals surface area (Å²) in [4.78, 5) is 16.4. The van der Waals surface area contributed by atoms with Gasteiger partial charge in [-0.1, -0.05) is 18.2 Å². The number of rotatable bonds is 7. The number of nitrogens with one attached hydrogen (secondary N) is 1. The number of hydrogen-bond acceptors (Lipinski definition) is 5. The molecule has 0 aliphatic rings. The van der Waals surface area contributed by atoms with Gasteiger partial charge < -0.3 is 10.1 Å². The van der Waals surface area contributed by atoms with E-state index in [1.54, 1.807) is 24.3 Å². The van der Waals surface area contributed by atoms with Gasteiger partial charge in [-0.2, -0.15) is 0 Å². The summed E-state index contributed by atoms with van der Waals surface area (Å²) in [7, 11) is -2.38. The molecule has 6 nitrogen and oxygen atoms in total. The van der Waals surface area contributed by atoms with Crippen LogP contribution in [0.5, 0.6) is 5.75 Å². The Labute approximate surface area is 168 Å². The molecule has 8 heteroatoms. The number of benzene rings is 2. The third kappa shape index (κ3) is 4.60. The number of pyridine rings is 1. The van der Waals surface area contributed by atoms with Crippen LogP contribution in [-0.4, -0.2) is 33.0 Å². The molecule has 29 heavy (non-hydrogen) atoms. The first kappa shape index (κ1) is 20.5. The molecule has 150 valence electrons. The van der Waals surface area contributed by atoms with Gasteiger partial charge in [0, 0.05) is 18.9 Å². The number of amides is 1. The van der Waals surface area contributed by atoms with Crippen LogP contribution >= 0.6 is 0 Å². The molecule has 0 aliphatic heterocycles. The Morgan fingerprint density at radius 1 is 1.10 bits per heavy atom. The molecule has 0 saturated heterocycles. The second-order valence-corrected chi connectivity index (χ2v) is 8.32. The summed E-state index contributed by atoms with van der Waals surface area (Å²) in [6, 6.07) is 14.7. The van der Waals surface area contributed by atoms with Crippen LogP contribution in [0.1, 0.15) is 21.2 Å². The third-order valence-corrected chi connectivity index (χ3v) is 6.50. The lowest BCUT2D eigenvalue weighted by molar-refractivity contribution is 0.0949. The Kier molecular flexibility index (Phi) is 6.23. The van der Waals surface area contributed by atoms with Crippen LogP contribution in [0.2, 0.25) is 0 Å². The fraction of sp³-hybridized carbons (Fsp3) is 0.143. The van der Waals surface area contributed by atoms with Gasteiger partial charge in [-0.15, -0.1) is 0 Å². The van der Waals surface area contributed by atoms with Gasteiger partial charge in [-0.25, -0.2) is 12.8 Å². The molecular weight excluding hydrogens is 395 g/mol. The first-order valence-electron chi connectivity index (χ1n) is 8.74. The van der Waals surface area contributed by atoms with Crippen molar-refractivity contribution in [3.05, 3.63) is 90.0 Å². The highest BCUT2D eigenvalue weighted by Gasteiger charge is 2.30. The van der Waals surface area contributed by atoms with Crippen LogP contribution in [0.15, 0.2) is 78.0 Å². The maximum Gasteiger partial charge on any atom is 0.254 e. The average molecular weight is 414 g/mol. The van der Waals surface area contributed by atoms with Crippen molar-refractivity contribution < 1.29 is 22.3 Å². The van der Waals surface area contributed by atoms with Crippen LogP contribution in [0.3, 0.4) is 0 Å². The molecule has 2 aromatic carbocycles. The zero-order valence-electron chi connectivity index (χ0n) is 15.6. The predicted octanol–water partition coefficient (Wildman–Crippen LogP) is 3.17. The molecule has 0 radical (unpaired) electrons. The van der Waals surface area contributed by atoms with Gasteiger partial charge in [0.2, 0.25) is 0 Å². The Bertz CT molecular complexity index is 1090. The number of ether oxygens (including phenoxy) is 1. The van der Waals surface area contributed by atoms with Crippen LogP contribution in [0, 0.1) is 5.82 Å². The van der Waals surface area contributed by atoms with Gasteiger partial charge >= 0.3 is 0 Å². The number of nitrogens with zero attached hydrogens (tertiary/aromatic N) is 1. The minimum absolute atomic E-state index is 0.0762. The Morgan fingerprint density at radius 2 is 1.83 bits per heavy atom. The lowest BCUT2D eigenvalue weighted by atomic mass is 10.2. The van der Waals surface area contributed by atoms with Gasteiger partial charge in [-0.3, -0.25) is 9.78 Å². The second-order valence-electron chi connectivity index (χ2n) is 6.19. The first-order valence-corrected chi connectivity index (χ1v) is 10.3. The fourth-order valence-corrected chi connectivity index (χ4v) is 4.47. The Balaban J connectivity index is 1.91. The summed E-state index contributed by atoms with van der Waals surface area (Å²) < 4.78 is 45.4. The molecule has 0 aliphatic carbocycles.